The third-order valence-electron chi connectivity index (χ3n) is 8.66. The van der Waals surface area contributed by atoms with Gasteiger partial charge in [0.05, 0.1) is 17.3 Å². The molecule has 4 nitrogen and oxygen atoms in total. The zero-order valence-corrected chi connectivity index (χ0v) is 24.4. The molecule has 0 aromatic heterocycles. The molecular formula is C31H47BO4. The number of hydrogen-bond acceptors (Lipinski definition) is 4. The van der Waals surface area contributed by atoms with E-state index in [0.717, 1.165) is 29.6 Å². The minimum Gasteiger partial charge on any atom is -0.491 e. The Morgan fingerprint density at radius 1 is 0.861 bits per heavy atom. The van der Waals surface area contributed by atoms with Crippen molar-refractivity contribution in [2.24, 2.45) is 5.41 Å². The van der Waals surface area contributed by atoms with Gasteiger partial charge in [-0.2, -0.15) is 0 Å². The van der Waals surface area contributed by atoms with Gasteiger partial charge >= 0.3 is 7.12 Å². The molecule has 0 bridgehead atoms. The summed E-state index contributed by atoms with van der Waals surface area (Å²) in [6.45, 7) is 23.5. The first-order valence-corrected chi connectivity index (χ1v) is 13.5. The molecular weight excluding hydrogens is 447 g/mol. The lowest BCUT2D eigenvalue weighted by Gasteiger charge is -2.34. The van der Waals surface area contributed by atoms with Crippen LogP contribution < -0.4 is 10.2 Å². The lowest BCUT2D eigenvalue weighted by molar-refractivity contribution is 0.00578. The molecule has 1 saturated heterocycles. The molecule has 3 rings (SSSR count). The summed E-state index contributed by atoms with van der Waals surface area (Å²) in [4.78, 5) is 0. The van der Waals surface area contributed by atoms with Crippen LogP contribution in [0.5, 0.6) is 5.75 Å². The van der Waals surface area contributed by atoms with Crippen molar-refractivity contribution in [3.8, 4) is 5.75 Å². The van der Waals surface area contributed by atoms with E-state index in [1.807, 2.05) is 20.8 Å². The largest absolute Gasteiger partial charge is 0.495 e. The van der Waals surface area contributed by atoms with Gasteiger partial charge in [-0.05, 0) is 88.0 Å². The third-order valence-corrected chi connectivity index (χ3v) is 8.66. The van der Waals surface area contributed by atoms with Crippen LogP contribution in [0.15, 0.2) is 36.4 Å². The first-order valence-electron chi connectivity index (χ1n) is 13.5. The molecule has 1 aliphatic heterocycles. The highest BCUT2D eigenvalue weighted by molar-refractivity contribution is 6.62. The maximum absolute atomic E-state index is 10.4. The highest BCUT2D eigenvalue weighted by Gasteiger charge is 2.52. The minimum absolute atomic E-state index is 0.104. The van der Waals surface area contributed by atoms with E-state index in [1.165, 1.54) is 16.7 Å². The van der Waals surface area contributed by atoms with E-state index in [0.29, 0.717) is 0 Å². The summed E-state index contributed by atoms with van der Waals surface area (Å²) in [6.07, 6.45) is 1.45. The van der Waals surface area contributed by atoms with Gasteiger partial charge < -0.3 is 19.2 Å². The van der Waals surface area contributed by atoms with Crippen LogP contribution in [-0.2, 0) is 14.7 Å². The zero-order valence-electron chi connectivity index (χ0n) is 24.4. The molecule has 0 radical (unpaired) electrons. The summed E-state index contributed by atoms with van der Waals surface area (Å²) in [5.74, 6) is 0.829. The average molecular weight is 495 g/mol. The van der Waals surface area contributed by atoms with E-state index in [2.05, 4.69) is 91.8 Å². The summed E-state index contributed by atoms with van der Waals surface area (Å²) in [6, 6.07) is 13.3. The summed E-state index contributed by atoms with van der Waals surface area (Å²) in [5.41, 5.74) is 4.93. The van der Waals surface area contributed by atoms with Crippen molar-refractivity contribution in [1.29, 1.82) is 0 Å². The molecule has 5 heteroatoms. The predicted molar refractivity (Wildman–Crippen MR) is 150 cm³/mol. The number of aliphatic hydroxyl groups is 1. The maximum atomic E-state index is 10.4. The van der Waals surface area contributed by atoms with Gasteiger partial charge in [-0.25, -0.2) is 0 Å². The summed E-state index contributed by atoms with van der Waals surface area (Å²) in [7, 11) is -0.358. The fraction of sp³-hybridized carbons (Fsp3) is 0.613. The van der Waals surface area contributed by atoms with Crippen molar-refractivity contribution < 1.29 is 19.2 Å². The fourth-order valence-electron chi connectivity index (χ4n) is 4.97. The Hall–Kier alpha value is -1.82. The quantitative estimate of drug-likeness (QED) is 0.426. The van der Waals surface area contributed by atoms with E-state index in [9.17, 15) is 5.11 Å². The molecule has 0 aliphatic carbocycles. The van der Waals surface area contributed by atoms with E-state index in [1.54, 1.807) is 0 Å². The second kappa shape index (κ2) is 10.2. The Bertz CT molecular complexity index is 1050. The van der Waals surface area contributed by atoms with Crippen molar-refractivity contribution in [2.45, 2.75) is 112 Å². The topological polar surface area (TPSA) is 47.9 Å². The van der Waals surface area contributed by atoms with Crippen molar-refractivity contribution in [1.82, 2.24) is 0 Å². The highest BCUT2D eigenvalue weighted by Crippen LogP contribution is 2.41. The Kier molecular flexibility index (Phi) is 8.11. The Morgan fingerprint density at radius 3 is 1.81 bits per heavy atom. The van der Waals surface area contributed by atoms with Crippen LogP contribution in [0.1, 0.15) is 97.4 Å². The predicted octanol–water partition coefficient (Wildman–Crippen LogP) is 6.49. The van der Waals surface area contributed by atoms with Crippen LogP contribution >= 0.6 is 0 Å². The van der Waals surface area contributed by atoms with Crippen molar-refractivity contribution in [3.63, 3.8) is 0 Å². The number of ether oxygens (including phenoxy) is 1. The Labute approximate surface area is 219 Å². The number of benzene rings is 2. The molecule has 0 amide bonds. The second-order valence-corrected chi connectivity index (χ2v) is 12.6. The van der Waals surface area contributed by atoms with Crippen LogP contribution in [0.4, 0.5) is 0 Å². The van der Waals surface area contributed by atoms with Gasteiger partial charge in [0.25, 0.3) is 0 Å². The fourth-order valence-corrected chi connectivity index (χ4v) is 4.97. The molecule has 36 heavy (non-hydrogen) atoms. The van der Waals surface area contributed by atoms with Gasteiger partial charge in [-0.3, -0.25) is 0 Å². The SMILES string of the molecule is CCC(CC)(c1ccc(OCC(O)C(C)(C)C)c(C)c1)c1ccc(B2OC(C)(C)C(C)(C)O2)c(C)c1. The maximum Gasteiger partial charge on any atom is 0.495 e. The molecule has 1 aliphatic rings. The van der Waals surface area contributed by atoms with Crippen molar-refractivity contribution in [3.05, 3.63) is 58.7 Å². The highest BCUT2D eigenvalue weighted by atomic mass is 16.7. The van der Waals surface area contributed by atoms with Gasteiger partial charge in [0, 0.05) is 5.41 Å². The van der Waals surface area contributed by atoms with E-state index >= 15 is 0 Å². The Morgan fingerprint density at radius 2 is 1.36 bits per heavy atom. The van der Waals surface area contributed by atoms with E-state index < -0.39 is 6.10 Å². The zero-order chi connectivity index (χ0) is 27.1. The summed E-state index contributed by atoms with van der Waals surface area (Å²) >= 11 is 0. The van der Waals surface area contributed by atoms with Crippen molar-refractivity contribution >= 4 is 12.6 Å². The molecule has 0 saturated carbocycles. The average Bonchev–Trinajstić information content (AvgIpc) is 3.00. The third kappa shape index (κ3) is 5.39. The molecule has 1 unspecified atom stereocenters. The minimum atomic E-state index is -0.521. The molecule has 198 valence electrons. The van der Waals surface area contributed by atoms with Gasteiger partial charge in [-0.15, -0.1) is 0 Å². The smallest absolute Gasteiger partial charge is 0.491 e. The van der Waals surface area contributed by atoms with Gasteiger partial charge in [-0.1, -0.05) is 70.5 Å². The lowest BCUT2D eigenvalue weighted by Crippen LogP contribution is -2.41. The molecule has 0 spiro atoms. The van der Waals surface area contributed by atoms with Gasteiger partial charge in [0.2, 0.25) is 0 Å². The molecule has 1 fully saturated rings. The number of aliphatic hydroxyl groups excluding tert-OH is 1. The molecule has 2 aromatic rings. The number of hydrogen-bond donors (Lipinski definition) is 1. The second-order valence-electron chi connectivity index (χ2n) is 12.6. The normalized spacial score (nSPS) is 18.4. The van der Waals surface area contributed by atoms with E-state index in [-0.39, 0.29) is 35.8 Å². The van der Waals surface area contributed by atoms with Crippen LogP contribution in [0.3, 0.4) is 0 Å². The Balaban J connectivity index is 1.91. The summed E-state index contributed by atoms with van der Waals surface area (Å²) < 4.78 is 18.7. The van der Waals surface area contributed by atoms with Crippen LogP contribution in [0.2, 0.25) is 0 Å². The van der Waals surface area contributed by atoms with Gasteiger partial charge in [0.1, 0.15) is 12.4 Å². The van der Waals surface area contributed by atoms with E-state index in [4.69, 9.17) is 14.0 Å². The lowest BCUT2D eigenvalue weighted by atomic mass is 9.68. The monoisotopic (exact) mass is 494 g/mol. The van der Waals surface area contributed by atoms with Gasteiger partial charge in [0.15, 0.2) is 0 Å². The molecule has 1 heterocycles. The number of rotatable bonds is 8. The molecule has 2 aromatic carbocycles. The van der Waals surface area contributed by atoms with Crippen LogP contribution in [-0.4, -0.2) is 36.1 Å². The first kappa shape index (κ1) is 28.8. The van der Waals surface area contributed by atoms with Crippen LogP contribution in [0, 0.1) is 19.3 Å². The first-order chi connectivity index (χ1) is 16.6. The molecule has 1 N–H and O–H groups in total. The molecule has 1 atom stereocenters. The number of aryl methyl sites for hydroxylation is 2. The summed E-state index contributed by atoms with van der Waals surface area (Å²) in [5, 5.41) is 10.4. The van der Waals surface area contributed by atoms with Crippen LogP contribution in [0.25, 0.3) is 0 Å². The van der Waals surface area contributed by atoms with Crippen molar-refractivity contribution in [2.75, 3.05) is 6.61 Å². The standard InChI is InChI=1S/C31H47BO4/c1-12-31(13-2,24-15-17-26(22(4)19-24)34-20-27(33)28(5,6)7)23-14-16-25(21(3)18-23)32-35-29(8,9)30(10,11)36-32/h14-19,27,33H,12-13,20H2,1-11H3.